The molecule has 2 amide bonds. The molecule has 0 fully saturated rings. The summed E-state index contributed by atoms with van der Waals surface area (Å²) in [6.07, 6.45) is 0.109. The predicted molar refractivity (Wildman–Crippen MR) is 116 cm³/mol. The number of carbonyl (C=O) groups is 2. The highest BCUT2D eigenvalue weighted by molar-refractivity contribution is 7.14. The van der Waals surface area contributed by atoms with Crippen LogP contribution < -0.4 is 10.6 Å². The second-order valence-electron chi connectivity index (χ2n) is 6.09. The Morgan fingerprint density at radius 3 is 2.21 bits per heavy atom. The topological polar surface area (TPSA) is 84.0 Å². The molecular formula is C21H16N4O2S2. The Morgan fingerprint density at radius 2 is 1.45 bits per heavy atom. The van der Waals surface area contributed by atoms with Crippen molar-refractivity contribution < 1.29 is 9.59 Å². The second kappa shape index (κ2) is 8.76. The molecule has 0 radical (unpaired) electrons. The maximum Gasteiger partial charge on any atom is 0.257 e. The summed E-state index contributed by atoms with van der Waals surface area (Å²) in [5.74, 6) is -0.433. The highest BCUT2D eigenvalue weighted by Crippen LogP contribution is 2.25. The summed E-state index contributed by atoms with van der Waals surface area (Å²) in [6.45, 7) is 0. The monoisotopic (exact) mass is 420 g/mol. The highest BCUT2D eigenvalue weighted by atomic mass is 32.1. The van der Waals surface area contributed by atoms with Crippen LogP contribution in [-0.4, -0.2) is 21.8 Å². The molecule has 0 aliphatic heterocycles. The van der Waals surface area contributed by atoms with Gasteiger partial charge in [0.05, 0.1) is 17.8 Å². The van der Waals surface area contributed by atoms with Crippen LogP contribution in [0.2, 0.25) is 0 Å². The summed E-state index contributed by atoms with van der Waals surface area (Å²) in [4.78, 5) is 33.3. The third-order valence-corrected chi connectivity index (χ3v) is 5.53. The van der Waals surface area contributed by atoms with Crippen molar-refractivity contribution in [3.05, 3.63) is 82.7 Å². The first-order valence-electron chi connectivity index (χ1n) is 8.79. The normalized spacial score (nSPS) is 10.5. The lowest BCUT2D eigenvalue weighted by molar-refractivity contribution is -0.115. The lowest BCUT2D eigenvalue weighted by atomic mass is 10.2. The van der Waals surface area contributed by atoms with Crippen LogP contribution in [0, 0.1) is 0 Å². The third kappa shape index (κ3) is 4.92. The number of hydrogen-bond donors (Lipinski definition) is 2. The van der Waals surface area contributed by atoms with E-state index in [0.717, 1.165) is 11.3 Å². The fourth-order valence-electron chi connectivity index (χ4n) is 2.61. The summed E-state index contributed by atoms with van der Waals surface area (Å²) >= 11 is 2.66. The number of benzene rings is 2. The molecule has 2 aromatic carbocycles. The standard InChI is InChI=1S/C21H16N4O2S2/c26-18(24-21-23-17(13-29-21)14-7-3-1-4-8-14)11-16-12-28-20(22-16)25-19(27)15-9-5-2-6-10-15/h1-10,12-13H,11H2,(H,22,25,27)(H,23,24,26). The number of hydrogen-bond acceptors (Lipinski definition) is 6. The van der Waals surface area contributed by atoms with Gasteiger partial charge in [0.2, 0.25) is 5.91 Å². The Morgan fingerprint density at radius 1 is 0.793 bits per heavy atom. The minimum atomic E-state index is -0.229. The highest BCUT2D eigenvalue weighted by Gasteiger charge is 2.13. The fraction of sp³-hybridized carbons (Fsp3) is 0.0476. The van der Waals surface area contributed by atoms with E-state index >= 15 is 0 Å². The van der Waals surface area contributed by atoms with Crippen molar-refractivity contribution in [3.63, 3.8) is 0 Å². The summed E-state index contributed by atoms with van der Waals surface area (Å²) in [5, 5.41) is 10.2. The zero-order chi connectivity index (χ0) is 20.1. The van der Waals surface area contributed by atoms with Gasteiger partial charge in [-0.2, -0.15) is 0 Å². The maximum atomic E-state index is 12.3. The van der Waals surface area contributed by atoms with E-state index < -0.39 is 0 Å². The van der Waals surface area contributed by atoms with Crippen molar-refractivity contribution in [3.8, 4) is 11.3 Å². The van der Waals surface area contributed by atoms with Crippen molar-refractivity contribution in [2.45, 2.75) is 6.42 Å². The molecule has 0 bridgehead atoms. The van der Waals surface area contributed by atoms with E-state index in [0.29, 0.717) is 21.5 Å². The quantitative estimate of drug-likeness (QED) is 0.474. The second-order valence-corrected chi connectivity index (χ2v) is 7.81. The number of thiazole rings is 2. The lowest BCUT2D eigenvalue weighted by Gasteiger charge is -2.01. The van der Waals surface area contributed by atoms with Gasteiger partial charge >= 0.3 is 0 Å². The summed E-state index contributed by atoms with van der Waals surface area (Å²) in [7, 11) is 0. The zero-order valence-corrected chi connectivity index (χ0v) is 16.8. The first-order valence-corrected chi connectivity index (χ1v) is 10.5. The van der Waals surface area contributed by atoms with Crippen LogP contribution in [-0.2, 0) is 11.2 Å². The van der Waals surface area contributed by atoms with Crippen LogP contribution in [0.4, 0.5) is 10.3 Å². The van der Waals surface area contributed by atoms with Crippen molar-refractivity contribution in [2.24, 2.45) is 0 Å². The molecule has 0 spiro atoms. The van der Waals surface area contributed by atoms with Gasteiger partial charge in [0.25, 0.3) is 5.91 Å². The largest absolute Gasteiger partial charge is 0.302 e. The Kier molecular flexibility index (Phi) is 5.73. The van der Waals surface area contributed by atoms with Gasteiger partial charge in [0, 0.05) is 21.9 Å². The minimum Gasteiger partial charge on any atom is -0.302 e. The maximum absolute atomic E-state index is 12.3. The van der Waals surface area contributed by atoms with Crippen LogP contribution in [0.1, 0.15) is 16.1 Å². The van der Waals surface area contributed by atoms with Crippen LogP contribution in [0.5, 0.6) is 0 Å². The average molecular weight is 421 g/mol. The molecule has 6 nitrogen and oxygen atoms in total. The SMILES string of the molecule is O=C(Cc1csc(NC(=O)c2ccccc2)n1)Nc1nc(-c2ccccc2)cs1. The molecule has 8 heteroatoms. The van der Waals surface area contributed by atoms with Gasteiger partial charge in [-0.3, -0.25) is 14.9 Å². The molecule has 0 aliphatic rings. The lowest BCUT2D eigenvalue weighted by Crippen LogP contribution is -2.15. The van der Waals surface area contributed by atoms with Gasteiger partial charge in [-0.15, -0.1) is 22.7 Å². The first kappa shape index (κ1) is 19.0. The molecule has 0 unspecified atom stereocenters. The molecular weight excluding hydrogens is 404 g/mol. The molecule has 4 rings (SSSR count). The Balaban J connectivity index is 1.34. The third-order valence-electron chi connectivity index (χ3n) is 3.97. The van der Waals surface area contributed by atoms with E-state index in [2.05, 4.69) is 20.6 Å². The van der Waals surface area contributed by atoms with Gasteiger partial charge in [-0.25, -0.2) is 9.97 Å². The number of rotatable bonds is 6. The van der Waals surface area contributed by atoms with Gasteiger partial charge in [0.1, 0.15) is 0 Å². The van der Waals surface area contributed by atoms with Gasteiger partial charge in [0.15, 0.2) is 10.3 Å². The fourth-order valence-corrected chi connectivity index (χ4v) is 4.05. The molecule has 0 saturated carbocycles. The number of aromatic nitrogens is 2. The number of anilines is 2. The molecule has 2 N–H and O–H groups in total. The predicted octanol–water partition coefficient (Wildman–Crippen LogP) is 4.70. The Hall–Kier alpha value is -3.36. The van der Waals surface area contributed by atoms with E-state index in [1.165, 1.54) is 22.7 Å². The van der Waals surface area contributed by atoms with E-state index in [4.69, 9.17) is 0 Å². The molecule has 4 aromatic rings. The van der Waals surface area contributed by atoms with E-state index in [9.17, 15) is 9.59 Å². The number of nitrogens with zero attached hydrogens (tertiary/aromatic N) is 2. The molecule has 2 aromatic heterocycles. The Labute approximate surface area is 175 Å². The summed E-state index contributed by atoms with van der Waals surface area (Å²) in [6, 6.07) is 18.7. The Bertz CT molecular complexity index is 1120. The smallest absolute Gasteiger partial charge is 0.257 e. The molecule has 0 atom stereocenters. The van der Waals surface area contributed by atoms with Crippen LogP contribution >= 0.6 is 22.7 Å². The van der Waals surface area contributed by atoms with Crippen LogP contribution in [0.25, 0.3) is 11.3 Å². The van der Waals surface area contributed by atoms with Crippen molar-refractivity contribution in [1.82, 2.24) is 9.97 Å². The van der Waals surface area contributed by atoms with Crippen LogP contribution in [0.15, 0.2) is 71.4 Å². The van der Waals surface area contributed by atoms with Crippen molar-refractivity contribution >= 4 is 44.8 Å². The molecule has 0 saturated heterocycles. The van der Waals surface area contributed by atoms with Gasteiger partial charge in [-0.05, 0) is 12.1 Å². The van der Waals surface area contributed by atoms with Crippen molar-refractivity contribution in [1.29, 1.82) is 0 Å². The van der Waals surface area contributed by atoms with Crippen LogP contribution in [0.3, 0.4) is 0 Å². The average Bonchev–Trinajstić information content (AvgIpc) is 3.39. The van der Waals surface area contributed by atoms with Gasteiger partial charge in [-0.1, -0.05) is 48.5 Å². The molecule has 29 heavy (non-hydrogen) atoms. The summed E-state index contributed by atoms with van der Waals surface area (Å²) < 4.78 is 0. The molecule has 0 aliphatic carbocycles. The van der Waals surface area contributed by atoms with Crippen molar-refractivity contribution in [2.75, 3.05) is 10.6 Å². The van der Waals surface area contributed by atoms with E-state index in [1.54, 1.807) is 29.6 Å². The van der Waals surface area contributed by atoms with Gasteiger partial charge < -0.3 is 5.32 Å². The minimum absolute atomic E-state index is 0.109. The number of nitrogens with one attached hydrogen (secondary N) is 2. The molecule has 2 heterocycles. The number of carbonyl (C=O) groups excluding carboxylic acids is 2. The number of amides is 2. The summed E-state index contributed by atoms with van der Waals surface area (Å²) in [5.41, 5.74) is 2.98. The molecule has 144 valence electrons. The van der Waals surface area contributed by atoms with E-state index in [-0.39, 0.29) is 18.2 Å². The zero-order valence-electron chi connectivity index (χ0n) is 15.2. The van der Waals surface area contributed by atoms with E-state index in [1.807, 2.05) is 41.8 Å². The first-order chi connectivity index (χ1) is 14.2.